The predicted molar refractivity (Wildman–Crippen MR) is 115 cm³/mol. The lowest BCUT2D eigenvalue weighted by Gasteiger charge is -2.11. The lowest BCUT2D eigenvalue weighted by atomic mass is 10.2. The van der Waals surface area contributed by atoms with Gasteiger partial charge in [-0.15, -0.1) is 0 Å². The third kappa shape index (κ3) is 4.34. The Kier molecular flexibility index (Phi) is 5.67. The average molecular weight is 439 g/mol. The molecule has 7 heteroatoms. The first-order valence-corrected chi connectivity index (χ1v) is 11.4. The summed E-state index contributed by atoms with van der Waals surface area (Å²) < 4.78 is 26.5. The highest BCUT2D eigenvalue weighted by Gasteiger charge is 2.24. The monoisotopic (exact) mass is 438 g/mol. The molecule has 4 nitrogen and oxygen atoms in total. The van der Waals surface area contributed by atoms with Gasteiger partial charge in [0.25, 0.3) is 0 Å². The van der Waals surface area contributed by atoms with E-state index < -0.39 is 9.84 Å². The Morgan fingerprint density at radius 3 is 2.07 bits per heavy atom. The van der Waals surface area contributed by atoms with Gasteiger partial charge >= 0.3 is 0 Å². The summed E-state index contributed by atoms with van der Waals surface area (Å²) in [4.78, 5) is 10.0. The van der Waals surface area contributed by atoms with E-state index in [1.807, 2.05) is 42.5 Å². The molecule has 0 amide bonds. The molecule has 0 saturated carbocycles. The molecule has 144 valence electrons. The maximum absolute atomic E-state index is 13.2. The molecule has 3 aromatic carbocycles. The first-order chi connectivity index (χ1) is 14.0. The van der Waals surface area contributed by atoms with E-state index >= 15 is 0 Å². The van der Waals surface area contributed by atoms with Crippen LogP contribution in [0.25, 0.3) is 11.4 Å². The van der Waals surface area contributed by atoms with Gasteiger partial charge in [-0.1, -0.05) is 71.9 Å². The standard InChI is InChI=1S/C22H15ClN2O2S2/c23-17-11-13-18(14-12-17)28-22-20(29(26,27)19-9-5-2-6-10-19)15-24-21(25-22)16-7-3-1-4-8-16/h1-15H. The van der Waals surface area contributed by atoms with Crippen molar-refractivity contribution in [2.24, 2.45) is 0 Å². The first kappa shape index (κ1) is 19.6. The lowest BCUT2D eigenvalue weighted by molar-refractivity contribution is 0.592. The quantitative estimate of drug-likeness (QED) is 0.369. The molecule has 0 aliphatic carbocycles. The Balaban J connectivity index is 1.85. The molecule has 1 heterocycles. The molecular formula is C22H15ClN2O2S2. The third-order valence-electron chi connectivity index (χ3n) is 4.13. The fourth-order valence-corrected chi connectivity index (χ4v) is 5.28. The van der Waals surface area contributed by atoms with Crippen LogP contribution in [-0.4, -0.2) is 18.4 Å². The Bertz CT molecular complexity index is 1230. The van der Waals surface area contributed by atoms with E-state index in [-0.39, 0.29) is 9.79 Å². The number of sulfone groups is 1. The number of hydrogen-bond donors (Lipinski definition) is 0. The van der Waals surface area contributed by atoms with Crippen LogP contribution in [0.15, 0.2) is 111 Å². The largest absolute Gasteiger partial charge is 0.235 e. The zero-order chi connectivity index (χ0) is 20.3. The van der Waals surface area contributed by atoms with E-state index in [4.69, 9.17) is 11.6 Å². The van der Waals surface area contributed by atoms with E-state index in [0.717, 1.165) is 10.5 Å². The fourth-order valence-electron chi connectivity index (χ4n) is 2.68. The smallest absolute Gasteiger partial charge is 0.210 e. The van der Waals surface area contributed by atoms with Crippen molar-refractivity contribution in [2.45, 2.75) is 19.7 Å². The second-order valence-corrected chi connectivity index (χ2v) is 9.52. The van der Waals surface area contributed by atoms with Crippen LogP contribution < -0.4 is 0 Å². The highest BCUT2D eigenvalue weighted by atomic mass is 35.5. The van der Waals surface area contributed by atoms with Crippen LogP contribution in [0.3, 0.4) is 0 Å². The predicted octanol–water partition coefficient (Wildman–Crippen LogP) is 5.78. The maximum atomic E-state index is 13.2. The molecule has 0 aliphatic heterocycles. The van der Waals surface area contributed by atoms with Crippen LogP contribution in [0.2, 0.25) is 5.02 Å². The molecule has 0 radical (unpaired) electrons. The average Bonchev–Trinajstić information content (AvgIpc) is 2.76. The van der Waals surface area contributed by atoms with E-state index in [9.17, 15) is 8.42 Å². The van der Waals surface area contributed by atoms with Gasteiger partial charge in [0, 0.05) is 15.5 Å². The van der Waals surface area contributed by atoms with Gasteiger partial charge < -0.3 is 0 Å². The van der Waals surface area contributed by atoms with Crippen LogP contribution in [0.4, 0.5) is 0 Å². The first-order valence-electron chi connectivity index (χ1n) is 8.70. The fraction of sp³-hybridized carbons (Fsp3) is 0. The molecule has 0 bridgehead atoms. The molecule has 29 heavy (non-hydrogen) atoms. The van der Waals surface area contributed by atoms with Crippen molar-refractivity contribution >= 4 is 33.2 Å². The van der Waals surface area contributed by atoms with Crippen LogP contribution in [0, 0.1) is 0 Å². The van der Waals surface area contributed by atoms with Crippen molar-refractivity contribution in [3.63, 3.8) is 0 Å². The summed E-state index contributed by atoms with van der Waals surface area (Å²) in [5, 5.41) is 0.976. The van der Waals surface area contributed by atoms with Crippen molar-refractivity contribution in [1.82, 2.24) is 9.97 Å². The zero-order valence-corrected chi connectivity index (χ0v) is 17.5. The summed E-state index contributed by atoms with van der Waals surface area (Å²) in [6.45, 7) is 0. The van der Waals surface area contributed by atoms with Gasteiger partial charge in [-0.25, -0.2) is 18.4 Å². The van der Waals surface area contributed by atoms with Gasteiger partial charge in [0.1, 0.15) is 9.92 Å². The second-order valence-electron chi connectivity index (χ2n) is 6.10. The minimum absolute atomic E-state index is 0.0725. The highest BCUT2D eigenvalue weighted by Crippen LogP contribution is 2.35. The van der Waals surface area contributed by atoms with E-state index in [1.165, 1.54) is 18.0 Å². The van der Waals surface area contributed by atoms with Crippen LogP contribution >= 0.6 is 23.4 Å². The molecule has 4 aromatic rings. The van der Waals surface area contributed by atoms with Gasteiger partial charge in [-0.3, -0.25) is 0 Å². The molecule has 0 atom stereocenters. The van der Waals surface area contributed by atoms with Crippen LogP contribution in [0.5, 0.6) is 0 Å². The van der Waals surface area contributed by atoms with Crippen molar-refractivity contribution in [1.29, 1.82) is 0 Å². The molecule has 0 aliphatic rings. The van der Waals surface area contributed by atoms with E-state index in [1.54, 1.807) is 42.5 Å². The topological polar surface area (TPSA) is 59.9 Å². The third-order valence-corrected chi connectivity index (χ3v) is 7.29. The number of hydrogen-bond acceptors (Lipinski definition) is 5. The molecule has 0 spiro atoms. The van der Waals surface area contributed by atoms with Gasteiger partial charge in [0.2, 0.25) is 9.84 Å². The Labute approximate surface area is 178 Å². The zero-order valence-electron chi connectivity index (χ0n) is 15.1. The summed E-state index contributed by atoms with van der Waals surface area (Å²) in [6.07, 6.45) is 1.38. The van der Waals surface area contributed by atoms with E-state index in [2.05, 4.69) is 9.97 Å². The molecule has 0 fully saturated rings. The normalized spacial score (nSPS) is 11.3. The Hall–Kier alpha value is -2.67. The Morgan fingerprint density at radius 2 is 1.41 bits per heavy atom. The molecule has 1 aromatic heterocycles. The van der Waals surface area contributed by atoms with Crippen LogP contribution in [0.1, 0.15) is 0 Å². The van der Waals surface area contributed by atoms with Crippen LogP contribution in [-0.2, 0) is 9.84 Å². The molecule has 0 N–H and O–H groups in total. The van der Waals surface area contributed by atoms with E-state index in [0.29, 0.717) is 15.9 Å². The number of halogens is 1. The molecule has 0 saturated heterocycles. The summed E-state index contributed by atoms with van der Waals surface area (Å²) in [7, 11) is -3.77. The molecular weight excluding hydrogens is 424 g/mol. The molecule has 4 rings (SSSR count). The number of nitrogens with zero attached hydrogens (tertiary/aromatic N) is 2. The summed E-state index contributed by atoms with van der Waals surface area (Å²) in [6, 6.07) is 24.9. The van der Waals surface area contributed by atoms with Gasteiger partial charge in [-0.2, -0.15) is 0 Å². The number of rotatable bonds is 5. The van der Waals surface area contributed by atoms with Gasteiger partial charge in [-0.05, 0) is 36.4 Å². The minimum atomic E-state index is -3.77. The Morgan fingerprint density at radius 1 is 0.793 bits per heavy atom. The SMILES string of the molecule is O=S(=O)(c1ccccc1)c1cnc(-c2ccccc2)nc1Sc1ccc(Cl)cc1. The maximum Gasteiger partial charge on any atom is 0.210 e. The number of aromatic nitrogens is 2. The number of benzene rings is 3. The van der Waals surface area contributed by atoms with Crippen molar-refractivity contribution in [2.75, 3.05) is 0 Å². The van der Waals surface area contributed by atoms with Crippen molar-refractivity contribution < 1.29 is 8.42 Å². The highest BCUT2D eigenvalue weighted by molar-refractivity contribution is 8.00. The molecule has 0 unspecified atom stereocenters. The van der Waals surface area contributed by atoms with Crippen molar-refractivity contribution in [3.05, 3.63) is 96.1 Å². The summed E-state index contributed by atoms with van der Waals surface area (Å²) in [5.41, 5.74) is 0.814. The van der Waals surface area contributed by atoms with Gasteiger partial charge in [0.15, 0.2) is 5.82 Å². The minimum Gasteiger partial charge on any atom is -0.235 e. The lowest BCUT2D eigenvalue weighted by Crippen LogP contribution is -2.06. The van der Waals surface area contributed by atoms with Crippen molar-refractivity contribution in [3.8, 4) is 11.4 Å². The summed E-state index contributed by atoms with van der Waals surface area (Å²) >= 11 is 7.24. The second kappa shape index (κ2) is 8.37. The summed E-state index contributed by atoms with van der Waals surface area (Å²) in [5.74, 6) is 0.467. The van der Waals surface area contributed by atoms with Gasteiger partial charge in [0.05, 0.1) is 11.1 Å².